The molecule has 2 nitrogen and oxygen atoms in total. The number of hydrogen-bond donors (Lipinski definition) is 0. The normalized spacial score (nSPS) is 10.8. The van der Waals surface area contributed by atoms with E-state index in [2.05, 4.69) is 15.9 Å². The van der Waals surface area contributed by atoms with Gasteiger partial charge in [-0.3, -0.25) is 4.79 Å². The standard InChI is InChI=1S/C15H13BrO2S/c16-9-10-18-15-6-2-1-5-13(15)14(17)8-7-12-4-3-11-19-12/h1-8,11H,9-10H2. The Balaban J connectivity index is 2.14. The number of hydrogen-bond acceptors (Lipinski definition) is 3. The number of ether oxygens (including phenoxy) is 1. The molecule has 0 aliphatic carbocycles. The van der Waals surface area contributed by atoms with Crippen LogP contribution in [0.1, 0.15) is 15.2 Å². The maximum atomic E-state index is 12.1. The number of allylic oxidation sites excluding steroid dienone is 1. The quantitative estimate of drug-likeness (QED) is 0.443. The number of carbonyl (C=O) groups excluding carboxylic acids is 1. The molecule has 0 spiro atoms. The van der Waals surface area contributed by atoms with Crippen LogP contribution in [0.2, 0.25) is 0 Å². The minimum absolute atomic E-state index is 0.0430. The third-order valence-corrected chi connectivity index (χ3v) is 3.59. The first kappa shape index (κ1) is 14.0. The second-order valence-corrected chi connectivity index (χ2v) is 5.52. The van der Waals surface area contributed by atoms with Gasteiger partial charge in [0.2, 0.25) is 0 Å². The Bertz CT molecular complexity index is 561. The van der Waals surface area contributed by atoms with Gasteiger partial charge in [0, 0.05) is 10.2 Å². The zero-order valence-corrected chi connectivity index (χ0v) is 12.6. The summed E-state index contributed by atoms with van der Waals surface area (Å²) in [5.74, 6) is 0.585. The molecule has 1 aromatic carbocycles. The fourth-order valence-electron chi connectivity index (χ4n) is 1.58. The van der Waals surface area contributed by atoms with Gasteiger partial charge in [-0.25, -0.2) is 0 Å². The third-order valence-electron chi connectivity index (χ3n) is 2.43. The number of alkyl halides is 1. The van der Waals surface area contributed by atoms with Gasteiger partial charge in [-0.1, -0.05) is 34.1 Å². The van der Waals surface area contributed by atoms with E-state index >= 15 is 0 Å². The second-order valence-electron chi connectivity index (χ2n) is 3.75. The lowest BCUT2D eigenvalue weighted by atomic mass is 10.1. The molecular formula is C15H13BrO2S. The average Bonchev–Trinajstić information content (AvgIpc) is 2.96. The highest BCUT2D eigenvalue weighted by molar-refractivity contribution is 9.09. The van der Waals surface area contributed by atoms with Crippen LogP contribution >= 0.6 is 27.3 Å². The molecule has 0 atom stereocenters. The number of para-hydroxylation sites is 1. The highest BCUT2D eigenvalue weighted by Gasteiger charge is 2.08. The minimum Gasteiger partial charge on any atom is -0.492 e. The summed E-state index contributed by atoms with van der Waals surface area (Å²) in [4.78, 5) is 13.2. The molecule has 2 rings (SSSR count). The van der Waals surface area contributed by atoms with E-state index in [9.17, 15) is 4.79 Å². The van der Waals surface area contributed by atoms with Gasteiger partial charge in [-0.05, 0) is 35.7 Å². The summed E-state index contributed by atoms with van der Waals surface area (Å²) in [5, 5.41) is 2.72. The van der Waals surface area contributed by atoms with Gasteiger partial charge < -0.3 is 4.74 Å². The van der Waals surface area contributed by atoms with Crippen LogP contribution in [0, 0.1) is 0 Å². The second kappa shape index (κ2) is 7.26. The van der Waals surface area contributed by atoms with E-state index in [0.29, 0.717) is 17.9 Å². The topological polar surface area (TPSA) is 26.3 Å². The predicted molar refractivity (Wildman–Crippen MR) is 83.4 cm³/mol. The Hall–Kier alpha value is -1.39. The Morgan fingerprint density at radius 2 is 2.11 bits per heavy atom. The third kappa shape index (κ3) is 4.04. The number of thiophene rings is 1. The lowest BCUT2D eigenvalue weighted by molar-refractivity contribution is 0.104. The summed E-state index contributed by atoms with van der Waals surface area (Å²) in [7, 11) is 0. The maximum Gasteiger partial charge on any atom is 0.189 e. The van der Waals surface area contributed by atoms with Crippen LogP contribution in [0.25, 0.3) is 6.08 Å². The minimum atomic E-state index is -0.0430. The number of ketones is 1. The van der Waals surface area contributed by atoms with Crippen LogP contribution in [-0.2, 0) is 0 Å². The molecule has 0 amide bonds. The lowest BCUT2D eigenvalue weighted by Crippen LogP contribution is -2.03. The lowest BCUT2D eigenvalue weighted by Gasteiger charge is -2.07. The molecule has 2 aromatic rings. The Kier molecular flexibility index (Phi) is 5.36. The molecule has 0 saturated carbocycles. The first-order valence-electron chi connectivity index (χ1n) is 5.85. The van der Waals surface area contributed by atoms with E-state index in [1.807, 2.05) is 41.8 Å². The van der Waals surface area contributed by atoms with E-state index in [1.165, 1.54) is 0 Å². The van der Waals surface area contributed by atoms with Gasteiger partial charge in [0.25, 0.3) is 0 Å². The predicted octanol–water partition coefficient (Wildman–Crippen LogP) is 4.42. The van der Waals surface area contributed by atoms with Crippen molar-refractivity contribution in [2.75, 3.05) is 11.9 Å². The van der Waals surface area contributed by atoms with Crippen molar-refractivity contribution in [2.45, 2.75) is 0 Å². The SMILES string of the molecule is O=C(C=Cc1cccs1)c1ccccc1OCCBr. The highest BCUT2D eigenvalue weighted by atomic mass is 79.9. The number of benzene rings is 1. The van der Waals surface area contributed by atoms with E-state index in [1.54, 1.807) is 23.5 Å². The molecule has 0 unspecified atom stereocenters. The number of rotatable bonds is 6. The van der Waals surface area contributed by atoms with Crippen LogP contribution in [-0.4, -0.2) is 17.7 Å². The highest BCUT2D eigenvalue weighted by Crippen LogP contribution is 2.20. The van der Waals surface area contributed by atoms with E-state index < -0.39 is 0 Å². The van der Waals surface area contributed by atoms with Crippen molar-refractivity contribution >= 4 is 39.1 Å². The van der Waals surface area contributed by atoms with Crippen molar-refractivity contribution in [3.63, 3.8) is 0 Å². The fraction of sp³-hybridized carbons (Fsp3) is 0.133. The van der Waals surface area contributed by atoms with E-state index in [0.717, 1.165) is 10.2 Å². The van der Waals surface area contributed by atoms with E-state index in [-0.39, 0.29) is 5.78 Å². The molecule has 4 heteroatoms. The van der Waals surface area contributed by atoms with Gasteiger partial charge in [0.15, 0.2) is 5.78 Å². The van der Waals surface area contributed by atoms with Gasteiger partial charge in [0.05, 0.1) is 12.2 Å². The molecule has 0 radical (unpaired) electrons. The Labute approximate surface area is 124 Å². The molecule has 0 aliphatic rings. The van der Waals surface area contributed by atoms with Crippen molar-refractivity contribution in [3.05, 3.63) is 58.3 Å². The number of carbonyl (C=O) groups is 1. The smallest absolute Gasteiger partial charge is 0.189 e. The van der Waals surface area contributed by atoms with Crippen LogP contribution in [0.15, 0.2) is 47.9 Å². The first-order chi connectivity index (χ1) is 9.31. The molecule has 0 bridgehead atoms. The van der Waals surface area contributed by atoms with Crippen LogP contribution in [0.4, 0.5) is 0 Å². The average molecular weight is 337 g/mol. The zero-order valence-electron chi connectivity index (χ0n) is 10.2. The van der Waals surface area contributed by atoms with Gasteiger partial charge in [0.1, 0.15) is 5.75 Å². The van der Waals surface area contributed by atoms with Crippen molar-refractivity contribution in [1.29, 1.82) is 0 Å². The van der Waals surface area contributed by atoms with Gasteiger partial charge in [-0.2, -0.15) is 0 Å². The molecule has 0 fully saturated rings. The van der Waals surface area contributed by atoms with Crippen LogP contribution in [0.5, 0.6) is 5.75 Å². The zero-order chi connectivity index (χ0) is 13.5. The van der Waals surface area contributed by atoms with Crippen molar-refractivity contribution < 1.29 is 9.53 Å². The summed E-state index contributed by atoms with van der Waals surface area (Å²) < 4.78 is 5.55. The fourth-order valence-corrected chi connectivity index (χ4v) is 2.36. The molecule has 1 heterocycles. The van der Waals surface area contributed by atoms with Crippen molar-refractivity contribution in [1.82, 2.24) is 0 Å². The molecule has 0 N–H and O–H groups in total. The largest absolute Gasteiger partial charge is 0.492 e. The Morgan fingerprint density at radius 3 is 2.84 bits per heavy atom. The molecule has 1 aromatic heterocycles. The van der Waals surface area contributed by atoms with Gasteiger partial charge >= 0.3 is 0 Å². The summed E-state index contributed by atoms with van der Waals surface area (Å²) in [5.41, 5.74) is 0.594. The summed E-state index contributed by atoms with van der Waals surface area (Å²) in [6.45, 7) is 0.541. The first-order valence-corrected chi connectivity index (χ1v) is 7.85. The molecule has 0 aliphatic heterocycles. The summed E-state index contributed by atoms with van der Waals surface area (Å²) in [6.07, 6.45) is 3.41. The van der Waals surface area contributed by atoms with Crippen molar-refractivity contribution in [3.8, 4) is 5.75 Å². The monoisotopic (exact) mass is 336 g/mol. The Morgan fingerprint density at radius 1 is 1.26 bits per heavy atom. The van der Waals surface area contributed by atoms with Crippen molar-refractivity contribution in [2.24, 2.45) is 0 Å². The summed E-state index contributed by atoms with van der Waals surface area (Å²) >= 11 is 4.90. The molecule has 19 heavy (non-hydrogen) atoms. The van der Waals surface area contributed by atoms with E-state index in [4.69, 9.17) is 4.74 Å². The van der Waals surface area contributed by atoms with Gasteiger partial charge in [-0.15, -0.1) is 11.3 Å². The molecule has 0 saturated heterocycles. The van der Waals surface area contributed by atoms with Crippen LogP contribution in [0.3, 0.4) is 0 Å². The van der Waals surface area contributed by atoms with Crippen LogP contribution < -0.4 is 4.74 Å². The summed E-state index contributed by atoms with van der Waals surface area (Å²) in [6, 6.07) is 11.2. The molecule has 98 valence electrons. The maximum absolute atomic E-state index is 12.1. The molecular weight excluding hydrogens is 324 g/mol. The number of halogens is 1.